The predicted octanol–water partition coefficient (Wildman–Crippen LogP) is 1.29. The number of hydrogen-bond acceptors (Lipinski definition) is 3. The van der Waals surface area contributed by atoms with Crippen LogP contribution >= 0.6 is 0 Å². The molecule has 4 fully saturated rings. The number of amides is 3. The molecule has 4 aliphatic rings. The van der Waals surface area contributed by atoms with E-state index in [1.54, 1.807) is 0 Å². The van der Waals surface area contributed by atoms with Crippen LogP contribution in [0.25, 0.3) is 0 Å². The predicted molar refractivity (Wildman–Crippen MR) is 92.5 cm³/mol. The molecule has 1 atom stereocenters. The Kier molecular flexibility index (Phi) is 4.69. The van der Waals surface area contributed by atoms with Crippen LogP contribution in [-0.4, -0.2) is 59.2 Å². The average Bonchev–Trinajstić information content (AvgIpc) is 3.06. The normalized spacial score (nSPS) is 27.7. The van der Waals surface area contributed by atoms with Gasteiger partial charge < -0.3 is 15.1 Å². The summed E-state index contributed by atoms with van der Waals surface area (Å²) < 4.78 is 0. The van der Waals surface area contributed by atoms with Crippen LogP contribution in [0.5, 0.6) is 0 Å². The van der Waals surface area contributed by atoms with Crippen molar-refractivity contribution in [1.29, 1.82) is 0 Å². The number of nitrogens with zero attached hydrogens (tertiary/aromatic N) is 2. The Morgan fingerprint density at radius 1 is 1.04 bits per heavy atom. The highest BCUT2D eigenvalue weighted by Crippen LogP contribution is 2.30. The van der Waals surface area contributed by atoms with E-state index in [-0.39, 0.29) is 29.7 Å². The summed E-state index contributed by atoms with van der Waals surface area (Å²) in [5.74, 6) is 0.867. The van der Waals surface area contributed by atoms with E-state index in [4.69, 9.17) is 0 Å². The largest absolute Gasteiger partial charge is 0.353 e. The lowest BCUT2D eigenvalue weighted by Crippen LogP contribution is -2.61. The van der Waals surface area contributed by atoms with Crippen molar-refractivity contribution in [3.05, 3.63) is 0 Å². The molecule has 138 valence electrons. The van der Waals surface area contributed by atoms with Crippen LogP contribution < -0.4 is 5.32 Å². The molecule has 2 saturated heterocycles. The molecule has 1 unspecified atom stereocenters. The average molecular weight is 347 g/mol. The molecule has 0 bridgehead atoms. The highest BCUT2D eigenvalue weighted by Gasteiger charge is 2.43. The second kappa shape index (κ2) is 6.96. The number of carbonyl (C=O) groups excluding carboxylic acids is 3. The molecule has 6 heteroatoms. The van der Waals surface area contributed by atoms with E-state index in [1.165, 1.54) is 25.7 Å². The van der Waals surface area contributed by atoms with Crippen molar-refractivity contribution in [2.75, 3.05) is 19.6 Å². The van der Waals surface area contributed by atoms with Crippen LogP contribution in [0.1, 0.15) is 57.8 Å². The molecule has 2 aliphatic heterocycles. The maximum absolute atomic E-state index is 12.3. The van der Waals surface area contributed by atoms with Crippen LogP contribution in [-0.2, 0) is 14.4 Å². The molecule has 0 radical (unpaired) electrons. The van der Waals surface area contributed by atoms with E-state index in [0.717, 1.165) is 25.2 Å². The zero-order valence-corrected chi connectivity index (χ0v) is 14.9. The third-order valence-electron chi connectivity index (χ3n) is 6.35. The van der Waals surface area contributed by atoms with Crippen LogP contribution in [0.3, 0.4) is 0 Å². The van der Waals surface area contributed by atoms with Crippen LogP contribution in [0.2, 0.25) is 0 Å². The van der Waals surface area contributed by atoms with Crippen molar-refractivity contribution < 1.29 is 14.4 Å². The first-order valence-corrected chi connectivity index (χ1v) is 9.98. The minimum absolute atomic E-state index is 0.0298. The Bertz CT molecular complexity index is 548. The fourth-order valence-corrected chi connectivity index (χ4v) is 4.45. The molecule has 3 amide bonds. The Labute approximate surface area is 149 Å². The van der Waals surface area contributed by atoms with Gasteiger partial charge in [0.15, 0.2) is 0 Å². The second-order valence-corrected chi connectivity index (χ2v) is 8.37. The van der Waals surface area contributed by atoms with Crippen LogP contribution in [0.4, 0.5) is 0 Å². The first kappa shape index (κ1) is 16.9. The van der Waals surface area contributed by atoms with E-state index in [0.29, 0.717) is 38.5 Å². The summed E-state index contributed by atoms with van der Waals surface area (Å²) in [6.07, 6.45) is 9.32. The molecule has 2 heterocycles. The molecule has 4 rings (SSSR count). The third kappa shape index (κ3) is 3.82. The first-order valence-electron chi connectivity index (χ1n) is 9.98. The quantitative estimate of drug-likeness (QED) is 0.787. The highest BCUT2D eigenvalue weighted by molar-refractivity contribution is 5.90. The van der Waals surface area contributed by atoms with Crippen molar-refractivity contribution in [2.45, 2.75) is 69.9 Å². The standard InChI is InChI=1S/C19H29N3O3/c23-17(8-5-13-3-1-2-4-13)21-11-16(12-21)22-10-14(9-18(22)24)19(25)20-15-6-7-15/h13-16H,1-12H2,(H,20,25). The summed E-state index contributed by atoms with van der Waals surface area (Å²) >= 11 is 0. The lowest BCUT2D eigenvalue weighted by Gasteiger charge is -2.44. The number of rotatable bonds is 6. The van der Waals surface area contributed by atoms with Crippen LogP contribution in [0.15, 0.2) is 0 Å². The minimum Gasteiger partial charge on any atom is -0.353 e. The molecular formula is C19H29N3O3. The Morgan fingerprint density at radius 2 is 1.76 bits per heavy atom. The summed E-state index contributed by atoms with van der Waals surface area (Å²) in [6.45, 7) is 1.81. The van der Waals surface area contributed by atoms with Gasteiger partial charge in [0.25, 0.3) is 0 Å². The number of hydrogen-bond donors (Lipinski definition) is 1. The zero-order valence-electron chi connectivity index (χ0n) is 14.9. The van der Waals surface area contributed by atoms with Gasteiger partial charge in [-0.2, -0.15) is 0 Å². The van der Waals surface area contributed by atoms with E-state index in [2.05, 4.69) is 5.32 Å². The monoisotopic (exact) mass is 347 g/mol. The second-order valence-electron chi connectivity index (χ2n) is 8.37. The molecule has 6 nitrogen and oxygen atoms in total. The van der Waals surface area contributed by atoms with Gasteiger partial charge in [0.2, 0.25) is 17.7 Å². The van der Waals surface area contributed by atoms with Gasteiger partial charge in [0, 0.05) is 38.5 Å². The van der Waals surface area contributed by atoms with Crippen molar-refractivity contribution in [2.24, 2.45) is 11.8 Å². The lowest BCUT2D eigenvalue weighted by molar-refractivity contribution is -0.144. The van der Waals surface area contributed by atoms with E-state index >= 15 is 0 Å². The highest BCUT2D eigenvalue weighted by atomic mass is 16.2. The molecule has 0 aromatic carbocycles. The van der Waals surface area contributed by atoms with Crippen molar-refractivity contribution in [3.8, 4) is 0 Å². The lowest BCUT2D eigenvalue weighted by atomic mass is 10.00. The molecule has 0 spiro atoms. The van der Waals surface area contributed by atoms with Gasteiger partial charge in [0.05, 0.1) is 12.0 Å². The molecule has 1 N–H and O–H groups in total. The zero-order chi connectivity index (χ0) is 17.4. The van der Waals surface area contributed by atoms with Gasteiger partial charge in [-0.05, 0) is 25.2 Å². The van der Waals surface area contributed by atoms with Crippen molar-refractivity contribution >= 4 is 17.7 Å². The van der Waals surface area contributed by atoms with E-state index < -0.39 is 0 Å². The van der Waals surface area contributed by atoms with E-state index in [1.807, 2.05) is 9.80 Å². The molecule has 2 aliphatic carbocycles. The summed E-state index contributed by atoms with van der Waals surface area (Å²) in [5.41, 5.74) is 0. The summed E-state index contributed by atoms with van der Waals surface area (Å²) in [5, 5.41) is 3.00. The number of likely N-dealkylation sites (tertiary alicyclic amines) is 2. The SMILES string of the molecule is O=C(NC1CC1)C1CC(=O)N(C2CN(C(=O)CCC3CCCC3)C2)C1. The Balaban J connectivity index is 1.19. The Hall–Kier alpha value is -1.59. The molecule has 2 saturated carbocycles. The van der Waals surface area contributed by atoms with Gasteiger partial charge >= 0.3 is 0 Å². The topological polar surface area (TPSA) is 69.7 Å². The van der Waals surface area contributed by atoms with Crippen molar-refractivity contribution in [3.63, 3.8) is 0 Å². The third-order valence-corrected chi connectivity index (χ3v) is 6.35. The van der Waals surface area contributed by atoms with Crippen LogP contribution in [0, 0.1) is 11.8 Å². The smallest absolute Gasteiger partial charge is 0.225 e. The summed E-state index contributed by atoms with van der Waals surface area (Å²) in [6, 6.07) is 0.454. The molecule has 25 heavy (non-hydrogen) atoms. The minimum atomic E-state index is -0.208. The molecule has 0 aromatic heterocycles. The Morgan fingerprint density at radius 3 is 2.44 bits per heavy atom. The first-order chi connectivity index (χ1) is 12.1. The van der Waals surface area contributed by atoms with Gasteiger partial charge in [-0.15, -0.1) is 0 Å². The molecule has 0 aromatic rings. The number of carbonyl (C=O) groups is 3. The summed E-state index contributed by atoms with van der Waals surface area (Å²) in [7, 11) is 0. The fraction of sp³-hybridized carbons (Fsp3) is 0.842. The van der Waals surface area contributed by atoms with Gasteiger partial charge in [-0.25, -0.2) is 0 Å². The van der Waals surface area contributed by atoms with E-state index in [9.17, 15) is 14.4 Å². The van der Waals surface area contributed by atoms with Crippen molar-refractivity contribution in [1.82, 2.24) is 15.1 Å². The molecular weight excluding hydrogens is 318 g/mol. The number of nitrogens with one attached hydrogen (secondary N) is 1. The fourth-order valence-electron chi connectivity index (χ4n) is 4.45. The maximum Gasteiger partial charge on any atom is 0.225 e. The van der Waals surface area contributed by atoms with Gasteiger partial charge in [-0.1, -0.05) is 25.7 Å². The van der Waals surface area contributed by atoms with Gasteiger partial charge in [0.1, 0.15) is 0 Å². The maximum atomic E-state index is 12.3. The van der Waals surface area contributed by atoms with Gasteiger partial charge in [-0.3, -0.25) is 14.4 Å². The summed E-state index contributed by atoms with van der Waals surface area (Å²) in [4.78, 5) is 40.4.